The Labute approximate surface area is 559 Å². The molecule has 0 bridgehead atoms. The summed E-state index contributed by atoms with van der Waals surface area (Å²) in [7, 11) is 0. The van der Waals surface area contributed by atoms with Crippen molar-refractivity contribution in [3.63, 3.8) is 0 Å². The van der Waals surface area contributed by atoms with Crippen molar-refractivity contribution in [2.75, 3.05) is 39.6 Å². The van der Waals surface area contributed by atoms with Gasteiger partial charge in [0.1, 0.15) is 30.5 Å². The maximum atomic E-state index is 12.4. The number of carbonyl (C=O) groups is 6. The molecule has 6 saturated heterocycles. The third-order valence-electron chi connectivity index (χ3n) is 16.8. The summed E-state index contributed by atoms with van der Waals surface area (Å²) in [5.41, 5.74) is 12.5. The van der Waals surface area contributed by atoms with E-state index in [1.807, 2.05) is 193 Å². The molecule has 0 amide bonds. The predicted molar refractivity (Wildman–Crippen MR) is 362 cm³/mol. The quantitative estimate of drug-likeness (QED) is 0.0420. The molecule has 0 saturated carbocycles. The molecule has 6 aliphatic rings. The first-order valence-electron chi connectivity index (χ1n) is 32.2. The summed E-state index contributed by atoms with van der Waals surface area (Å²) >= 11 is 0. The number of ketones is 1. The summed E-state index contributed by atoms with van der Waals surface area (Å²) in [6, 6.07) is 47.1. The fourth-order valence-corrected chi connectivity index (χ4v) is 11.4. The van der Waals surface area contributed by atoms with E-state index in [4.69, 9.17) is 52.1 Å². The van der Waals surface area contributed by atoms with E-state index in [1.165, 1.54) is 35.9 Å². The van der Waals surface area contributed by atoms with Crippen molar-refractivity contribution < 1.29 is 80.9 Å². The molecule has 17 heteroatoms. The van der Waals surface area contributed by atoms with Crippen LogP contribution in [-0.2, 0) is 80.9 Å². The second-order valence-electron chi connectivity index (χ2n) is 24.6. The molecule has 12 atom stereocenters. The smallest absolute Gasteiger partial charge is 0.331 e. The standard InChI is InChI=1S/C27H28O5.2C26H26O6/c1-18-3-7-20(8-4-18)11-13-23(28)15-22-16-30-27-24(17-31-26(22)27)32-25(29)14-12-21-9-5-19(2)6-10-21;2*1-17-3-7-19(8-4-17)11-13-23(27)31-21-15-29-26-22(16-30-25(21)26)32-24(28)14-12-20-9-5-18(2)6-10-20/h3-14,22,24,26-27H,15-17H2,1-2H3;2*3-14,21-22,25-26H,15-16H2,1-2H3/b13-11-,14-12-;13-11+,14-12+;13-11-,14-12+/t22?,24-,26?,27?;2*21-,22?,25?,26?/m111/s1. The summed E-state index contributed by atoms with van der Waals surface area (Å²) in [5.74, 6) is -2.31. The van der Waals surface area contributed by atoms with Crippen LogP contribution in [0.1, 0.15) is 73.2 Å². The second-order valence-corrected chi connectivity index (χ2v) is 24.6. The molecule has 12 rings (SSSR count). The summed E-state index contributed by atoms with van der Waals surface area (Å²) in [6.45, 7) is 13.6. The monoisotopic (exact) mass is 1300 g/mol. The van der Waals surface area contributed by atoms with Crippen LogP contribution in [0.25, 0.3) is 36.5 Å². The average Bonchev–Trinajstić information content (AvgIpc) is 1.67. The van der Waals surface area contributed by atoms with E-state index < -0.39 is 84.8 Å². The molecule has 9 unspecified atom stereocenters. The largest absolute Gasteiger partial charge is 0.454 e. The van der Waals surface area contributed by atoms with Gasteiger partial charge >= 0.3 is 29.8 Å². The van der Waals surface area contributed by atoms with E-state index in [0.717, 1.165) is 61.2 Å². The summed E-state index contributed by atoms with van der Waals surface area (Å²) < 4.78 is 62.2. The highest BCUT2D eigenvalue weighted by molar-refractivity contribution is 5.94. The van der Waals surface area contributed by atoms with Crippen molar-refractivity contribution in [3.05, 3.63) is 249 Å². The van der Waals surface area contributed by atoms with E-state index in [1.54, 1.807) is 36.5 Å². The highest BCUT2D eigenvalue weighted by Gasteiger charge is 2.53. The van der Waals surface area contributed by atoms with Crippen LogP contribution in [0.5, 0.6) is 0 Å². The molecule has 0 aromatic heterocycles. The molecule has 6 fully saturated rings. The summed E-state index contributed by atoms with van der Waals surface area (Å²) in [4.78, 5) is 73.5. The minimum Gasteiger partial charge on any atom is -0.454 e. The number of hydrogen-bond donors (Lipinski definition) is 0. The van der Waals surface area contributed by atoms with Crippen molar-refractivity contribution in [2.24, 2.45) is 5.92 Å². The molecule has 498 valence electrons. The van der Waals surface area contributed by atoms with Crippen LogP contribution in [0.4, 0.5) is 0 Å². The van der Waals surface area contributed by atoms with Crippen molar-refractivity contribution >= 4 is 72.1 Å². The van der Waals surface area contributed by atoms with E-state index in [-0.39, 0.29) is 56.9 Å². The number of rotatable bonds is 19. The zero-order chi connectivity index (χ0) is 67.5. The normalized spacial score (nSPS) is 24.7. The number of esters is 5. The van der Waals surface area contributed by atoms with E-state index >= 15 is 0 Å². The molecule has 6 aromatic rings. The first kappa shape index (κ1) is 69.4. The van der Waals surface area contributed by atoms with E-state index in [2.05, 4.69) is 0 Å². The number of carbonyl (C=O) groups excluding carboxylic acids is 6. The van der Waals surface area contributed by atoms with Crippen LogP contribution < -0.4 is 0 Å². The van der Waals surface area contributed by atoms with Gasteiger partial charge in [0.25, 0.3) is 0 Å². The maximum Gasteiger partial charge on any atom is 0.331 e. The molecule has 17 nitrogen and oxygen atoms in total. The van der Waals surface area contributed by atoms with Gasteiger partial charge in [-0.1, -0.05) is 185 Å². The number of benzene rings is 6. The van der Waals surface area contributed by atoms with Crippen LogP contribution in [0.3, 0.4) is 0 Å². The van der Waals surface area contributed by atoms with Gasteiger partial charge in [-0.3, -0.25) is 4.79 Å². The summed E-state index contributed by atoms with van der Waals surface area (Å²) in [5, 5.41) is 0. The molecule has 6 aromatic carbocycles. The molecule has 6 aliphatic heterocycles. The highest BCUT2D eigenvalue weighted by atomic mass is 16.7. The molecule has 0 N–H and O–H groups in total. The Morgan fingerprint density at radius 1 is 0.281 bits per heavy atom. The Hall–Kier alpha value is -9.46. The lowest BCUT2D eigenvalue weighted by molar-refractivity contribution is -0.150. The Morgan fingerprint density at radius 3 is 0.698 bits per heavy atom. The number of fused-ring (bicyclic) bond motifs is 3. The first-order chi connectivity index (χ1) is 46.4. The van der Waals surface area contributed by atoms with Gasteiger partial charge in [-0.2, -0.15) is 0 Å². The fraction of sp³-hybridized carbons (Fsp3) is 0.316. The van der Waals surface area contributed by atoms with Gasteiger partial charge in [0.15, 0.2) is 36.3 Å². The number of ether oxygens (including phenoxy) is 11. The number of aryl methyl sites for hydroxylation is 6. The van der Waals surface area contributed by atoms with Crippen LogP contribution in [0, 0.1) is 47.5 Å². The minimum atomic E-state index is -0.540. The third kappa shape index (κ3) is 20.3. The zero-order valence-electron chi connectivity index (χ0n) is 54.6. The van der Waals surface area contributed by atoms with Gasteiger partial charge < -0.3 is 52.1 Å². The molecule has 0 radical (unpaired) electrons. The number of allylic oxidation sites excluding steroid dienone is 1. The number of hydrogen-bond acceptors (Lipinski definition) is 17. The summed E-state index contributed by atoms with van der Waals surface area (Å²) in [6.07, 6.45) is 14.3. The molecular formula is C79H80O17. The van der Waals surface area contributed by atoms with Gasteiger partial charge in [-0.05, 0) is 111 Å². The molecule has 0 aliphatic carbocycles. The lowest BCUT2D eigenvalue weighted by Crippen LogP contribution is -2.35. The van der Waals surface area contributed by atoms with Crippen LogP contribution in [-0.4, -0.2) is 142 Å². The van der Waals surface area contributed by atoms with Crippen molar-refractivity contribution in [1.82, 2.24) is 0 Å². The molecule has 6 heterocycles. The average molecular weight is 1300 g/mol. The van der Waals surface area contributed by atoms with Gasteiger partial charge in [0.05, 0.1) is 45.7 Å². The molecular weight excluding hydrogens is 1220 g/mol. The molecule has 96 heavy (non-hydrogen) atoms. The van der Waals surface area contributed by atoms with Crippen molar-refractivity contribution in [2.45, 2.75) is 115 Å². The first-order valence-corrected chi connectivity index (χ1v) is 32.2. The maximum absolute atomic E-state index is 12.4. The van der Waals surface area contributed by atoms with Gasteiger partial charge in [-0.15, -0.1) is 0 Å². The zero-order valence-corrected chi connectivity index (χ0v) is 54.6. The topological polar surface area (TPSA) is 204 Å². The van der Waals surface area contributed by atoms with Gasteiger partial charge in [0, 0.05) is 42.7 Å². The fourth-order valence-electron chi connectivity index (χ4n) is 11.4. The third-order valence-corrected chi connectivity index (χ3v) is 16.8. The van der Waals surface area contributed by atoms with Gasteiger partial charge in [-0.25, -0.2) is 24.0 Å². The SMILES string of the molecule is Cc1ccc(/C=C/C(=O)OC2COC3C2OC[C@H]3OC(=O)/C=C/c2ccc(C)cc2)cc1.Cc1ccc(/C=C\C(=O)CC2COC3C2OC[C@H]3OC(=O)/C=C\c2ccc(C)cc2)cc1.Cc1ccc(/C=C\C(=O)O[C@@H]2COC3C(OC(=O)/C=C/c4ccc(C)cc4)COC32)cc1. The highest BCUT2D eigenvalue weighted by Crippen LogP contribution is 2.36. The Balaban J connectivity index is 0.000000157. The lowest BCUT2D eigenvalue weighted by Gasteiger charge is -2.16. The van der Waals surface area contributed by atoms with E-state index in [9.17, 15) is 28.8 Å². The van der Waals surface area contributed by atoms with Crippen LogP contribution in [0.15, 0.2) is 182 Å². The Morgan fingerprint density at radius 2 is 0.469 bits per heavy atom. The van der Waals surface area contributed by atoms with Crippen LogP contribution >= 0.6 is 0 Å². The van der Waals surface area contributed by atoms with E-state index in [0.29, 0.717) is 13.0 Å². The van der Waals surface area contributed by atoms with Gasteiger partial charge in [0.2, 0.25) is 0 Å². The predicted octanol–water partition coefficient (Wildman–Crippen LogP) is 11.6. The Kier molecular flexibility index (Phi) is 24.4. The minimum absolute atomic E-state index is 0.0323. The lowest BCUT2D eigenvalue weighted by atomic mass is 9.95. The van der Waals surface area contributed by atoms with Crippen LogP contribution in [0.2, 0.25) is 0 Å². The molecule has 0 spiro atoms. The Bertz CT molecular complexity index is 3160. The van der Waals surface area contributed by atoms with Crippen molar-refractivity contribution in [1.29, 1.82) is 0 Å². The van der Waals surface area contributed by atoms with Crippen molar-refractivity contribution in [3.8, 4) is 0 Å². The second kappa shape index (κ2) is 33.8.